The summed E-state index contributed by atoms with van der Waals surface area (Å²) < 4.78 is 5.71. The number of amides is 1. The van der Waals surface area contributed by atoms with Crippen LogP contribution < -0.4 is 11.1 Å². The van der Waals surface area contributed by atoms with Gasteiger partial charge in [-0.05, 0) is 32.6 Å². The van der Waals surface area contributed by atoms with Crippen LogP contribution in [0.5, 0.6) is 0 Å². The molecule has 0 aromatic heterocycles. The maximum Gasteiger partial charge on any atom is 0.241 e. The Balaban J connectivity index is 0.00000288. The summed E-state index contributed by atoms with van der Waals surface area (Å²) in [4.78, 5) is 12.7. The number of nitrogens with one attached hydrogen (secondary N) is 1. The second kappa shape index (κ2) is 8.86. The zero-order chi connectivity index (χ0) is 17.1. The molecule has 0 spiro atoms. The average molecular weight is 361 g/mol. The highest BCUT2D eigenvalue weighted by molar-refractivity contribution is 5.89. The molecule has 4 nitrogen and oxygen atoms in total. The summed E-state index contributed by atoms with van der Waals surface area (Å²) in [7, 11) is 0. The molecule has 2 rings (SSSR count). The number of ether oxygens (including phenoxy) is 1. The number of halogens is 1. The Morgan fingerprint density at radius 1 is 1.29 bits per heavy atom. The van der Waals surface area contributed by atoms with Crippen LogP contribution in [0.3, 0.4) is 0 Å². The molecular weight excluding hydrogens is 324 g/mol. The van der Waals surface area contributed by atoms with Crippen molar-refractivity contribution in [3.63, 3.8) is 0 Å². The van der Waals surface area contributed by atoms with E-state index in [1.165, 1.54) is 38.5 Å². The predicted octanol–water partition coefficient (Wildman–Crippen LogP) is 3.81. The Kier molecular flexibility index (Phi) is 8.02. The van der Waals surface area contributed by atoms with E-state index >= 15 is 0 Å². The number of carbonyl (C=O) groups excluding carboxylic acids is 1. The maximum atomic E-state index is 12.7. The number of carbonyl (C=O) groups is 1. The highest BCUT2D eigenvalue weighted by Gasteiger charge is 2.62. The Labute approximate surface area is 154 Å². The van der Waals surface area contributed by atoms with Crippen molar-refractivity contribution in [2.75, 3.05) is 6.61 Å². The first kappa shape index (κ1) is 21.7. The predicted molar refractivity (Wildman–Crippen MR) is 101 cm³/mol. The molecule has 0 saturated heterocycles. The summed E-state index contributed by atoms with van der Waals surface area (Å²) in [5, 5.41) is 3.16. The second-order valence-electron chi connectivity index (χ2n) is 8.30. The lowest BCUT2D eigenvalue weighted by molar-refractivity contribution is -0.171. The van der Waals surface area contributed by atoms with E-state index in [2.05, 4.69) is 12.2 Å². The monoisotopic (exact) mass is 360 g/mol. The molecule has 142 valence electrons. The van der Waals surface area contributed by atoms with E-state index in [9.17, 15) is 4.79 Å². The summed E-state index contributed by atoms with van der Waals surface area (Å²) in [6.07, 6.45) is 9.87. The quantitative estimate of drug-likeness (QED) is 0.725. The van der Waals surface area contributed by atoms with Gasteiger partial charge in [0.05, 0.1) is 6.10 Å². The Bertz CT molecular complexity index is 410. The van der Waals surface area contributed by atoms with E-state index < -0.39 is 5.54 Å². The van der Waals surface area contributed by atoms with E-state index in [1.54, 1.807) is 0 Å². The highest BCUT2D eigenvalue weighted by atomic mass is 35.5. The van der Waals surface area contributed by atoms with Gasteiger partial charge in [-0.3, -0.25) is 4.79 Å². The van der Waals surface area contributed by atoms with E-state index in [0.29, 0.717) is 13.0 Å². The normalized spacial score (nSPS) is 30.8. The van der Waals surface area contributed by atoms with Crippen molar-refractivity contribution >= 4 is 18.3 Å². The van der Waals surface area contributed by atoms with Gasteiger partial charge in [-0.15, -0.1) is 12.4 Å². The summed E-state index contributed by atoms with van der Waals surface area (Å²) in [6.45, 7) is 8.85. The van der Waals surface area contributed by atoms with Crippen molar-refractivity contribution in [3.8, 4) is 0 Å². The highest BCUT2D eigenvalue weighted by Crippen LogP contribution is 2.49. The zero-order valence-corrected chi connectivity index (χ0v) is 16.7. The Hall–Kier alpha value is -0.320. The number of nitrogens with two attached hydrogens (primary N) is 1. The molecule has 0 bridgehead atoms. The molecule has 2 aliphatic rings. The summed E-state index contributed by atoms with van der Waals surface area (Å²) in [5.41, 5.74) is 5.33. The van der Waals surface area contributed by atoms with Crippen molar-refractivity contribution < 1.29 is 9.53 Å². The molecule has 5 heteroatoms. The third kappa shape index (κ3) is 4.44. The molecular formula is C19H37ClN2O2. The summed E-state index contributed by atoms with van der Waals surface area (Å²) in [6, 6.07) is 0.201. The van der Waals surface area contributed by atoms with Crippen LogP contribution >= 0.6 is 12.4 Å². The fourth-order valence-corrected chi connectivity index (χ4v) is 4.21. The molecule has 1 amide bonds. The van der Waals surface area contributed by atoms with Gasteiger partial charge >= 0.3 is 0 Å². The van der Waals surface area contributed by atoms with Gasteiger partial charge in [-0.2, -0.15) is 0 Å². The van der Waals surface area contributed by atoms with E-state index in [4.69, 9.17) is 10.5 Å². The Morgan fingerprint density at radius 2 is 1.92 bits per heavy atom. The van der Waals surface area contributed by atoms with Gasteiger partial charge in [0.15, 0.2) is 0 Å². The van der Waals surface area contributed by atoms with Crippen molar-refractivity contribution in [2.45, 2.75) is 96.7 Å². The van der Waals surface area contributed by atoms with Crippen molar-refractivity contribution in [1.29, 1.82) is 0 Å². The summed E-state index contributed by atoms with van der Waals surface area (Å²) >= 11 is 0. The first-order chi connectivity index (χ1) is 10.8. The number of hydrogen-bond donors (Lipinski definition) is 2. The fraction of sp³-hybridized carbons (Fsp3) is 0.947. The van der Waals surface area contributed by atoms with Crippen LogP contribution in [0.2, 0.25) is 0 Å². The average Bonchev–Trinajstić information content (AvgIpc) is 2.53. The van der Waals surface area contributed by atoms with Crippen LogP contribution in [0.15, 0.2) is 0 Å². The lowest BCUT2D eigenvalue weighted by Gasteiger charge is -2.57. The molecule has 2 saturated carbocycles. The topological polar surface area (TPSA) is 64.3 Å². The van der Waals surface area contributed by atoms with Crippen molar-refractivity contribution in [2.24, 2.45) is 17.1 Å². The molecule has 0 radical (unpaired) electrons. The van der Waals surface area contributed by atoms with Gasteiger partial charge < -0.3 is 15.8 Å². The van der Waals surface area contributed by atoms with Crippen LogP contribution in [-0.2, 0) is 9.53 Å². The van der Waals surface area contributed by atoms with Crippen molar-refractivity contribution in [1.82, 2.24) is 5.32 Å². The maximum absolute atomic E-state index is 12.7. The minimum absolute atomic E-state index is 0. The third-order valence-electron chi connectivity index (χ3n) is 6.35. The van der Waals surface area contributed by atoms with Crippen molar-refractivity contribution in [3.05, 3.63) is 0 Å². The van der Waals surface area contributed by atoms with Gasteiger partial charge in [0.1, 0.15) is 5.54 Å². The molecule has 24 heavy (non-hydrogen) atoms. The molecule has 2 fully saturated rings. The number of rotatable bonds is 7. The molecule has 3 unspecified atom stereocenters. The SMILES string of the molecule is CCOC1CC(N)(C(=O)NC(C)CCC2CCCCC2)C1(C)C.Cl. The van der Waals surface area contributed by atoms with Crippen LogP contribution in [0.25, 0.3) is 0 Å². The molecule has 0 aromatic carbocycles. The molecule has 0 aliphatic heterocycles. The molecule has 2 aliphatic carbocycles. The van der Waals surface area contributed by atoms with Gasteiger partial charge in [-0.25, -0.2) is 0 Å². The molecule has 3 N–H and O–H groups in total. The van der Waals surface area contributed by atoms with Crippen LogP contribution in [0, 0.1) is 11.3 Å². The smallest absolute Gasteiger partial charge is 0.241 e. The van der Waals surface area contributed by atoms with E-state index in [-0.39, 0.29) is 35.9 Å². The van der Waals surface area contributed by atoms with Gasteiger partial charge in [-0.1, -0.05) is 46.0 Å². The fourth-order valence-electron chi connectivity index (χ4n) is 4.21. The molecule has 3 atom stereocenters. The standard InChI is InChI=1S/C19H36N2O2.ClH/c1-5-23-16-13-19(20,18(16,3)4)17(22)21-14(2)11-12-15-9-7-6-8-10-15;/h14-16H,5-13,20H2,1-4H3,(H,21,22);1H. The van der Waals surface area contributed by atoms with E-state index in [1.807, 2.05) is 20.8 Å². The minimum atomic E-state index is -0.800. The van der Waals surface area contributed by atoms with Gasteiger partial charge in [0, 0.05) is 24.5 Å². The van der Waals surface area contributed by atoms with Crippen LogP contribution in [0.4, 0.5) is 0 Å². The lowest BCUT2D eigenvalue weighted by atomic mass is 9.54. The minimum Gasteiger partial charge on any atom is -0.378 e. The van der Waals surface area contributed by atoms with Crippen LogP contribution in [-0.4, -0.2) is 30.2 Å². The number of hydrogen-bond acceptors (Lipinski definition) is 3. The first-order valence-corrected chi connectivity index (χ1v) is 9.52. The van der Waals surface area contributed by atoms with Crippen LogP contribution in [0.1, 0.15) is 79.1 Å². The lowest BCUT2D eigenvalue weighted by Crippen LogP contribution is -2.76. The second-order valence-corrected chi connectivity index (χ2v) is 8.30. The Morgan fingerprint density at radius 3 is 2.46 bits per heavy atom. The molecule has 0 aromatic rings. The third-order valence-corrected chi connectivity index (χ3v) is 6.35. The van der Waals surface area contributed by atoms with E-state index in [0.717, 1.165) is 12.3 Å². The zero-order valence-electron chi connectivity index (χ0n) is 15.9. The first-order valence-electron chi connectivity index (χ1n) is 9.52. The molecule has 0 heterocycles. The largest absolute Gasteiger partial charge is 0.378 e. The van der Waals surface area contributed by atoms with Gasteiger partial charge in [0.25, 0.3) is 0 Å². The summed E-state index contributed by atoms with van der Waals surface area (Å²) in [5.74, 6) is 0.854. The van der Waals surface area contributed by atoms with Gasteiger partial charge in [0.2, 0.25) is 5.91 Å².